The molecule has 0 radical (unpaired) electrons. The SMILES string of the molecule is CC(C)(C)OC(=O)Nc1cccc2ccc[n+]([O-])c12. The summed E-state index contributed by atoms with van der Waals surface area (Å²) < 4.78 is 5.89. The molecular formula is C14H16N2O3. The maximum absolute atomic E-state index is 11.8. The standard InChI is InChI=1S/C14H16N2O3/c1-14(2,3)19-13(17)15-11-8-4-6-10-7-5-9-16(18)12(10)11/h4-9H,1-3H3,(H,15,17). The van der Waals surface area contributed by atoms with Crippen molar-refractivity contribution in [3.05, 3.63) is 41.7 Å². The molecule has 5 heteroatoms. The number of ether oxygens (including phenoxy) is 1. The average Bonchev–Trinajstić information content (AvgIpc) is 2.26. The molecule has 5 nitrogen and oxygen atoms in total. The van der Waals surface area contributed by atoms with E-state index < -0.39 is 11.7 Å². The first-order chi connectivity index (χ1) is 8.87. The number of rotatable bonds is 1. The van der Waals surface area contributed by atoms with Gasteiger partial charge in [-0.1, -0.05) is 6.07 Å². The lowest BCUT2D eigenvalue weighted by molar-refractivity contribution is -0.576. The number of carbonyl (C=O) groups excluding carboxylic acids is 1. The van der Waals surface area contributed by atoms with E-state index in [1.165, 1.54) is 6.20 Å². The number of anilines is 1. The van der Waals surface area contributed by atoms with Gasteiger partial charge in [-0.05, 0) is 39.0 Å². The Balaban J connectivity index is 2.33. The molecule has 1 aromatic carbocycles. The molecule has 19 heavy (non-hydrogen) atoms. The second-order valence-electron chi connectivity index (χ2n) is 5.20. The van der Waals surface area contributed by atoms with Crippen LogP contribution in [0, 0.1) is 5.21 Å². The van der Waals surface area contributed by atoms with E-state index in [1.807, 2.05) is 12.1 Å². The summed E-state index contributed by atoms with van der Waals surface area (Å²) in [5.74, 6) is 0. The van der Waals surface area contributed by atoms with Gasteiger partial charge in [-0.3, -0.25) is 5.32 Å². The van der Waals surface area contributed by atoms with E-state index >= 15 is 0 Å². The van der Waals surface area contributed by atoms with Gasteiger partial charge in [0.2, 0.25) is 5.52 Å². The first-order valence-corrected chi connectivity index (χ1v) is 5.98. The Morgan fingerprint density at radius 3 is 2.63 bits per heavy atom. The Bertz CT molecular complexity index is 612. The maximum atomic E-state index is 11.8. The monoisotopic (exact) mass is 260 g/mol. The predicted molar refractivity (Wildman–Crippen MR) is 72.8 cm³/mol. The molecule has 1 N–H and O–H groups in total. The van der Waals surface area contributed by atoms with Crippen molar-refractivity contribution in [1.29, 1.82) is 0 Å². The number of carbonyl (C=O) groups is 1. The molecule has 2 aromatic rings. The molecular weight excluding hydrogens is 244 g/mol. The number of pyridine rings is 1. The fourth-order valence-corrected chi connectivity index (χ4v) is 1.76. The van der Waals surface area contributed by atoms with E-state index in [9.17, 15) is 10.0 Å². The number of nitrogens with one attached hydrogen (secondary N) is 1. The molecule has 0 saturated heterocycles. The lowest BCUT2D eigenvalue weighted by Crippen LogP contribution is -2.30. The molecule has 0 atom stereocenters. The third-order valence-corrected chi connectivity index (χ3v) is 2.42. The molecule has 0 saturated carbocycles. The van der Waals surface area contributed by atoms with Crippen molar-refractivity contribution in [2.24, 2.45) is 0 Å². The highest BCUT2D eigenvalue weighted by atomic mass is 16.6. The fourth-order valence-electron chi connectivity index (χ4n) is 1.76. The summed E-state index contributed by atoms with van der Waals surface area (Å²) in [5, 5.41) is 15.1. The van der Waals surface area contributed by atoms with Crippen molar-refractivity contribution < 1.29 is 14.3 Å². The van der Waals surface area contributed by atoms with E-state index in [0.717, 1.165) is 10.1 Å². The van der Waals surface area contributed by atoms with Crippen LogP contribution >= 0.6 is 0 Å². The van der Waals surface area contributed by atoms with Gasteiger partial charge in [-0.15, -0.1) is 0 Å². The van der Waals surface area contributed by atoms with Crippen LogP contribution in [0.25, 0.3) is 10.9 Å². The summed E-state index contributed by atoms with van der Waals surface area (Å²) in [4.78, 5) is 11.7. The van der Waals surface area contributed by atoms with E-state index in [0.29, 0.717) is 11.2 Å². The minimum Gasteiger partial charge on any atom is -0.618 e. The highest BCUT2D eigenvalue weighted by Crippen LogP contribution is 2.20. The number of benzene rings is 1. The fraction of sp³-hybridized carbons (Fsp3) is 0.286. The summed E-state index contributed by atoms with van der Waals surface area (Å²) in [6, 6.07) is 8.72. The molecule has 1 aromatic heterocycles. The van der Waals surface area contributed by atoms with E-state index in [2.05, 4.69) is 5.32 Å². The van der Waals surface area contributed by atoms with Gasteiger partial charge >= 0.3 is 6.09 Å². The molecule has 0 aliphatic rings. The van der Waals surface area contributed by atoms with Crippen LogP contribution in [0.2, 0.25) is 0 Å². The zero-order chi connectivity index (χ0) is 14.0. The summed E-state index contributed by atoms with van der Waals surface area (Å²) in [6.45, 7) is 5.34. The highest BCUT2D eigenvalue weighted by Gasteiger charge is 2.18. The second-order valence-corrected chi connectivity index (χ2v) is 5.20. The Morgan fingerprint density at radius 1 is 1.26 bits per heavy atom. The maximum Gasteiger partial charge on any atom is 0.412 e. The van der Waals surface area contributed by atoms with Crippen molar-refractivity contribution in [2.45, 2.75) is 26.4 Å². The third kappa shape index (κ3) is 3.13. The molecule has 0 aliphatic carbocycles. The van der Waals surface area contributed by atoms with Crippen LogP contribution in [0.5, 0.6) is 0 Å². The Morgan fingerprint density at radius 2 is 1.95 bits per heavy atom. The average molecular weight is 260 g/mol. The van der Waals surface area contributed by atoms with Gasteiger partial charge in [0.25, 0.3) is 0 Å². The van der Waals surface area contributed by atoms with E-state index in [4.69, 9.17) is 4.74 Å². The molecule has 1 heterocycles. The second kappa shape index (κ2) is 4.76. The zero-order valence-corrected chi connectivity index (χ0v) is 11.1. The molecule has 0 fully saturated rings. The van der Waals surface area contributed by atoms with Crippen molar-refractivity contribution in [3.8, 4) is 0 Å². The lowest BCUT2D eigenvalue weighted by Gasteiger charge is -2.19. The Labute approximate surface area is 111 Å². The van der Waals surface area contributed by atoms with Crippen LogP contribution < -0.4 is 10.0 Å². The molecule has 100 valence electrons. The smallest absolute Gasteiger partial charge is 0.412 e. The molecule has 0 aliphatic heterocycles. The van der Waals surface area contributed by atoms with Crippen LogP contribution in [0.3, 0.4) is 0 Å². The van der Waals surface area contributed by atoms with E-state index in [-0.39, 0.29) is 0 Å². The number of fused-ring (bicyclic) bond motifs is 1. The third-order valence-electron chi connectivity index (χ3n) is 2.42. The topological polar surface area (TPSA) is 65.3 Å². The summed E-state index contributed by atoms with van der Waals surface area (Å²) in [6.07, 6.45) is 0.812. The van der Waals surface area contributed by atoms with Crippen LogP contribution in [-0.4, -0.2) is 11.7 Å². The van der Waals surface area contributed by atoms with Gasteiger partial charge in [0, 0.05) is 11.5 Å². The minimum atomic E-state index is -0.581. The Hall–Kier alpha value is -2.30. The number of aromatic nitrogens is 1. The van der Waals surface area contributed by atoms with Crippen LogP contribution in [-0.2, 0) is 4.74 Å². The van der Waals surface area contributed by atoms with Gasteiger partial charge < -0.3 is 9.94 Å². The van der Waals surface area contributed by atoms with Gasteiger partial charge in [-0.25, -0.2) is 4.79 Å². The quantitative estimate of drug-likeness (QED) is 0.633. The molecule has 0 unspecified atom stereocenters. The first-order valence-electron chi connectivity index (χ1n) is 5.98. The largest absolute Gasteiger partial charge is 0.618 e. The number of hydrogen-bond donors (Lipinski definition) is 1. The predicted octanol–water partition coefficient (Wildman–Crippen LogP) is 2.82. The number of amides is 1. The summed E-state index contributed by atoms with van der Waals surface area (Å²) >= 11 is 0. The van der Waals surface area contributed by atoms with Crippen molar-refractivity contribution in [1.82, 2.24) is 0 Å². The van der Waals surface area contributed by atoms with Crippen molar-refractivity contribution >= 4 is 22.7 Å². The van der Waals surface area contributed by atoms with Crippen molar-refractivity contribution in [2.75, 3.05) is 5.32 Å². The van der Waals surface area contributed by atoms with Gasteiger partial charge in [-0.2, -0.15) is 4.73 Å². The molecule has 0 spiro atoms. The minimum absolute atomic E-state index is 0.413. The summed E-state index contributed by atoms with van der Waals surface area (Å²) in [5.41, 5.74) is 0.264. The van der Waals surface area contributed by atoms with Crippen molar-refractivity contribution in [3.63, 3.8) is 0 Å². The Kier molecular flexibility index (Phi) is 3.29. The van der Waals surface area contributed by atoms with Crippen LogP contribution in [0.15, 0.2) is 36.5 Å². The van der Waals surface area contributed by atoms with Crippen LogP contribution in [0.1, 0.15) is 20.8 Å². The van der Waals surface area contributed by atoms with E-state index in [1.54, 1.807) is 39.0 Å². The van der Waals surface area contributed by atoms with Gasteiger partial charge in [0.1, 0.15) is 11.3 Å². The molecule has 1 amide bonds. The number of hydrogen-bond acceptors (Lipinski definition) is 3. The van der Waals surface area contributed by atoms with Crippen LogP contribution in [0.4, 0.5) is 10.5 Å². The summed E-state index contributed by atoms with van der Waals surface area (Å²) in [7, 11) is 0. The lowest BCUT2D eigenvalue weighted by atomic mass is 10.2. The number of nitrogens with zero attached hydrogens (tertiary/aromatic N) is 1. The highest BCUT2D eigenvalue weighted by molar-refractivity contribution is 5.96. The first kappa shape index (κ1) is 13.1. The number of para-hydroxylation sites is 1. The molecule has 2 rings (SSSR count). The van der Waals surface area contributed by atoms with Gasteiger partial charge in [0.15, 0.2) is 6.20 Å². The normalized spacial score (nSPS) is 11.3. The molecule has 0 bridgehead atoms. The van der Waals surface area contributed by atoms with Gasteiger partial charge in [0.05, 0.1) is 0 Å². The zero-order valence-electron chi connectivity index (χ0n) is 11.1.